The second-order valence-electron chi connectivity index (χ2n) is 1.16. The number of rotatable bonds is 2. The third kappa shape index (κ3) is 5.08. The van der Waals surface area contributed by atoms with Gasteiger partial charge >= 0.3 is 0 Å². The quantitative estimate of drug-likeness (QED) is 0.384. The lowest BCUT2D eigenvalue weighted by atomic mass is 10.4. The fourth-order valence-electron chi connectivity index (χ4n) is 0.257. The summed E-state index contributed by atoms with van der Waals surface area (Å²) >= 11 is 0. The van der Waals surface area contributed by atoms with Gasteiger partial charge in [-0.15, -0.1) is 0 Å². The average Bonchev–Trinajstić information content (AvgIpc) is 1.81. The van der Waals surface area contributed by atoms with Crippen LogP contribution in [0.25, 0.3) is 0 Å². The lowest BCUT2D eigenvalue weighted by Gasteiger charge is -1.66. The van der Waals surface area contributed by atoms with Crippen LogP contribution in [0.5, 0.6) is 0 Å². The highest BCUT2D eigenvalue weighted by Crippen LogP contribution is 1.73. The Kier molecular flexibility index (Phi) is 5.38. The van der Waals surface area contributed by atoms with Gasteiger partial charge in [0.05, 0.1) is 6.21 Å². The van der Waals surface area contributed by atoms with E-state index in [1.807, 2.05) is 13.0 Å². The summed E-state index contributed by atoms with van der Waals surface area (Å²) in [5.74, 6) is 0. The Balaban J connectivity index is 3.35. The highest BCUT2D eigenvalue weighted by Gasteiger charge is 1.58. The van der Waals surface area contributed by atoms with Crippen molar-refractivity contribution in [3.8, 4) is 0 Å². The van der Waals surface area contributed by atoms with Crippen LogP contribution in [0, 0.1) is 0 Å². The molecule has 0 amide bonds. The van der Waals surface area contributed by atoms with Crippen molar-refractivity contribution in [2.45, 2.75) is 6.92 Å². The van der Waals surface area contributed by atoms with E-state index >= 15 is 0 Å². The van der Waals surface area contributed by atoms with Gasteiger partial charge in [-0.05, 0) is 13.0 Å². The van der Waals surface area contributed by atoms with Gasteiger partial charge in [0.2, 0.25) is 0 Å². The van der Waals surface area contributed by atoms with Gasteiger partial charge in [0.25, 0.3) is 0 Å². The van der Waals surface area contributed by atoms with Crippen molar-refractivity contribution >= 4 is 6.21 Å². The van der Waals surface area contributed by atoms with E-state index in [1.54, 1.807) is 12.2 Å². The second kappa shape index (κ2) is 6.08. The summed E-state index contributed by atoms with van der Waals surface area (Å²) in [6.45, 7) is 1.89. The van der Waals surface area contributed by atoms with Crippen molar-refractivity contribution in [3.63, 3.8) is 0 Å². The SMILES string of the molecule is C/C=C\C=C/C=NF. The van der Waals surface area contributed by atoms with Gasteiger partial charge in [0.1, 0.15) is 0 Å². The third-order valence-corrected chi connectivity index (χ3v) is 0.557. The fraction of sp³-hybridized carbons (Fsp3) is 0.167. The first-order valence-corrected chi connectivity index (χ1v) is 2.34. The van der Waals surface area contributed by atoms with Crippen LogP contribution < -0.4 is 0 Å². The van der Waals surface area contributed by atoms with Crippen molar-refractivity contribution in [2.75, 3.05) is 0 Å². The van der Waals surface area contributed by atoms with Crippen molar-refractivity contribution in [1.82, 2.24) is 0 Å². The minimum absolute atomic E-state index is 1.08. The van der Waals surface area contributed by atoms with E-state index < -0.39 is 0 Å². The first-order valence-electron chi connectivity index (χ1n) is 2.34. The van der Waals surface area contributed by atoms with Gasteiger partial charge in [0.15, 0.2) is 0 Å². The molecule has 8 heavy (non-hydrogen) atoms. The standard InChI is InChI=1S/C6H8FN/c1-2-3-4-5-6-8-7/h2-6H,1H3/b3-2-,5-4-,8-6?. The smallest absolute Gasteiger partial charge is 0.0599 e. The molecule has 0 atom stereocenters. The van der Waals surface area contributed by atoms with E-state index in [1.165, 1.54) is 6.08 Å². The van der Waals surface area contributed by atoms with Crippen molar-refractivity contribution in [2.24, 2.45) is 5.21 Å². The largest absolute Gasteiger partial charge is 0.0956 e. The molecule has 0 aliphatic carbocycles. The molecule has 0 saturated carbocycles. The lowest BCUT2D eigenvalue weighted by molar-refractivity contribution is 0.542. The number of halogens is 1. The first-order chi connectivity index (χ1) is 3.91. The normalized spacial score (nSPS) is 12.8. The van der Waals surface area contributed by atoms with E-state index in [0.29, 0.717) is 0 Å². The molecule has 0 aromatic rings. The molecule has 0 radical (unpaired) electrons. The van der Waals surface area contributed by atoms with E-state index in [-0.39, 0.29) is 0 Å². The summed E-state index contributed by atoms with van der Waals surface area (Å²) in [5, 5.41) is 2.26. The summed E-state index contributed by atoms with van der Waals surface area (Å²) in [5.41, 5.74) is 0. The summed E-state index contributed by atoms with van der Waals surface area (Å²) in [7, 11) is 0. The van der Waals surface area contributed by atoms with Gasteiger partial charge in [-0.1, -0.05) is 27.9 Å². The van der Waals surface area contributed by atoms with Crippen LogP contribution >= 0.6 is 0 Å². The summed E-state index contributed by atoms with van der Waals surface area (Å²) in [4.78, 5) is 0. The molecule has 0 aromatic carbocycles. The summed E-state index contributed by atoms with van der Waals surface area (Å²) < 4.78 is 10.9. The molecule has 44 valence electrons. The molecular formula is C6H8FN. The minimum Gasteiger partial charge on any atom is -0.0956 e. The zero-order chi connectivity index (χ0) is 6.24. The molecule has 0 bridgehead atoms. The van der Waals surface area contributed by atoms with Gasteiger partial charge in [-0.2, -0.15) is 0 Å². The average molecular weight is 113 g/mol. The Labute approximate surface area is 48.2 Å². The predicted molar refractivity (Wildman–Crippen MR) is 33.6 cm³/mol. The summed E-state index contributed by atoms with van der Waals surface area (Å²) in [6, 6.07) is 0. The van der Waals surface area contributed by atoms with Crippen LogP contribution in [-0.2, 0) is 0 Å². The Hall–Kier alpha value is -0.920. The molecule has 0 rings (SSSR count). The number of nitrogens with zero attached hydrogens (tertiary/aromatic N) is 1. The van der Waals surface area contributed by atoms with Crippen molar-refractivity contribution in [3.05, 3.63) is 24.3 Å². The Bertz CT molecular complexity index is 99.7. The van der Waals surface area contributed by atoms with Crippen molar-refractivity contribution in [1.29, 1.82) is 0 Å². The Morgan fingerprint density at radius 3 is 2.50 bits per heavy atom. The zero-order valence-corrected chi connectivity index (χ0v) is 4.71. The van der Waals surface area contributed by atoms with Gasteiger partial charge in [0, 0.05) is 0 Å². The van der Waals surface area contributed by atoms with Crippen LogP contribution in [-0.4, -0.2) is 6.21 Å². The molecule has 0 aromatic heterocycles. The van der Waals surface area contributed by atoms with Gasteiger partial charge in [-0.3, -0.25) is 0 Å². The molecule has 1 nitrogen and oxygen atoms in total. The molecule has 0 heterocycles. The zero-order valence-electron chi connectivity index (χ0n) is 4.71. The van der Waals surface area contributed by atoms with Crippen LogP contribution in [0.1, 0.15) is 6.92 Å². The molecule has 0 spiro atoms. The minimum atomic E-state index is 1.08. The monoisotopic (exact) mass is 113 g/mol. The Morgan fingerprint density at radius 1 is 1.25 bits per heavy atom. The maximum absolute atomic E-state index is 10.9. The lowest BCUT2D eigenvalue weighted by Crippen LogP contribution is -1.55. The molecule has 0 aliphatic heterocycles. The van der Waals surface area contributed by atoms with Crippen LogP contribution in [0.3, 0.4) is 0 Å². The highest BCUT2D eigenvalue weighted by atomic mass is 19.2. The van der Waals surface area contributed by atoms with Crippen LogP contribution in [0.15, 0.2) is 29.5 Å². The highest BCUT2D eigenvalue weighted by molar-refractivity contribution is 5.70. The molecular weight excluding hydrogens is 105 g/mol. The number of allylic oxidation sites excluding steroid dienone is 4. The topological polar surface area (TPSA) is 12.4 Å². The van der Waals surface area contributed by atoms with Crippen LogP contribution in [0.4, 0.5) is 4.48 Å². The maximum atomic E-state index is 10.9. The van der Waals surface area contributed by atoms with E-state index in [2.05, 4.69) is 5.21 Å². The van der Waals surface area contributed by atoms with E-state index in [9.17, 15) is 4.48 Å². The van der Waals surface area contributed by atoms with Crippen molar-refractivity contribution < 1.29 is 4.48 Å². The fourth-order valence-corrected chi connectivity index (χ4v) is 0.257. The molecule has 0 N–H and O–H groups in total. The maximum Gasteiger partial charge on any atom is 0.0599 e. The predicted octanol–water partition coefficient (Wildman–Crippen LogP) is 2.07. The second-order valence-corrected chi connectivity index (χ2v) is 1.16. The Morgan fingerprint density at radius 2 is 2.00 bits per heavy atom. The number of hydrogen-bond acceptors (Lipinski definition) is 1. The van der Waals surface area contributed by atoms with Gasteiger partial charge in [-0.25, -0.2) is 0 Å². The van der Waals surface area contributed by atoms with E-state index in [4.69, 9.17) is 0 Å². The molecule has 2 heteroatoms. The number of hydrogen-bond donors (Lipinski definition) is 0. The first kappa shape index (κ1) is 7.08. The molecule has 0 aliphatic rings. The van der Waals surface area contributed by atoms with E-state index in [0.717, 1.165) is 6.21 Å². The molecule has 0 saturated heterocycles. The molecule has 0 unspecified atom stereocenters. The summed E-state index contributed by atoms with van der Waals surface area (Å²) in [6.07, 6.45) is 7.94. The van der Waals surface area contributed by atoms with Crippen LogP contribution in [0.2, 0.25) is 0 Å². The molecule has 0 fully saturated rings. The third-order valence-electron chi connectivity index (χ3n) is 0.557. The van der Waals surface area contributed by atoms with Gasteiger partial charge < -0.3 is 0 Å².